The summed E-state index contributed by atoms with van der Waals surface area (Å²) in [5.74, 6) is 0. The van der Waals surface area contributed by atoms with Gasteiger partial charge in [-0.15, -0.1) is 0 Å². The number of nitrogens with zero attached hydrogens (tertiary/aromatic N) is 2. The van der Waals surface area contributed by atoms with E-state index in [-0.39, 0.29) is 5.56 Å². The second-order valence-electron chi connectivity index (χ2n) is 6.34. The van der Waals surface area contributed by atoms with E-state index in [2.05, 4.69) is 45.6 Å². The smallest absolute Gasteiger partial charge is 0.248 e. The van der Waals surface area contributed by atoms with Gasteiger partial charge in [0.25, 0.3) is 0 Å². The highest BCUT2D eigenvalue weighted by atomic mass is 16.1. The van der Waals surface area contributed by atoms with E-state index >= 15 is 0 Å². The van der Waals surface area contributed by atoms with Crippen molar-refractivity contribution in [3.8, 4) is 11.3 Å². The second kappa shape index (κ2) is 5.74. The molecule has 0 spiro atoms. The van der Waals surface area contributed by atoms with Gasteiger partial charge in [-0.3, -0.25) is 9.20 Å². The minimum absolute atomic E-state index is 0.121. The third-order valence-corrected chi connectivity index (χ3v) is 4.68. The first-order valence-corrected chi connectivity index (χ1v) is 8.50. The molecule has 0 atom stereocenters. The lowest BCUT2D eigenvalue weighted by Crippen LogP contribution is -2.04. The number of hydrogen-bond donors (Lipinski definition) is 2. The summed E-state index contributed by atoms with van der Waals surface area (Å²) < 4.78 is 1.99. The number of H-pyrrole nitrogens is 1. The number of aromatic nitrogens is 3. The number of imidazole rings is 1. The van der Waals surface area contributed by atoms with Crippen molar-refractivity contribution in [2.45, 2.75) is 6.42 Å². The van der Waals surface area contributed by atoms with Crippen LogP contribution < -0.4 is 10.9 Å². The average molecular weight is 340 g/mol. The third-order valence-electron chi connectivity index (χ3n) is 4.68. The van der Waals surface area contributed by atoms with E-state index in [1.807, 2.05) is 28.8 Å². The maximum absolute atomic E-state index is 11.6. The predicted octanol–water partition coefficient (Wildman–Crippen LogP) is 4.00. The van der Waals surface area contributed by atoms with Crippen LogP contribution in [0, 0.1) is 0 Å². The number of hydrogen-bond acceptors (Lipinski definition) is 3. The number of fused-ring (bicyclic) bond motifs is 2. The summed E-state index contributed by atoms with van der Waals surface area (Å²) in [5.41, 5.74) is 7.04. The summed E-state index contributed by atoms with van der Waals surface area (Å²) in [5, 5.41) is 3.47. The number of anilines is 2. The quantitative estimate of drug-likeness (QED) is 0.592. The average Bonchev–Trinajstić information content (AvgIpc) is 3.31. The number of allylic oxidation sites excluding steroid dienone is 1. The molecule has 126 valence electrons. The molecule has 0 radical (unpaired) electrons. The zero-order valence-electron chi connectivity index (χ0n) is 13.9. The van der Waals surface area contributed by atoms with Gasteiger partial charge in [0.05, 0.1) is 11.4 Å². The first kappa shape index (κ1) is 14.7. The van der Waals surface area contributed by atoms with Crippen LogP contribution in [-0.2, 0) is 6.42 Å². The third kappa shape index (κ3) is 2.41. The standard InChI is InChI=1S/C21H16N4O/c26-20-13-16(8-9-22-20)19-7-6-18(21-23-10-11-25(19)21)24-17-5-4-14-2-1-3-15(14)12-17/h1,3-13,24H,2H2,(H,22,26). The second-order valence-corrected chi connectivity index (χ2v) is 6.34. The maximum Gasteiger partial charge on any atom is 0.248 e. The number of benzene rings is 1. The van der Waals surface area contributed by atoms with Gasteiger partial charge in [-0.25, -0.2) is 4.98 Å². The monoisotopic (exact) mass is 340 g/mol. The van der Waals surface area contributed by atoms with Gasteiger partial charge in [0.15, 0.2) is 5.65 Å². The Hall–Kier alpha value is -3.60. The lowest BCUT2D eigenvalue weighted by Gasteiger charge is -2.12. The molecule has 1 aromatic carbocycles. The van der Waals surface area contributed by atoms with Gasteiger partial charge in [0, 0.05) is 35.9 Å². The molecule has 5 heteroatoms. The molecule has 1 aliphatic carbocycles. The molecule has 0 saturated heterocycles. The Morgan fingerprint density at radius 2 is 2.08 bits per heavy atom. The fourth-order valence-corrected chi connectivity index (χ4v) is 3.43. The van der Waals surface area contributed by atoms with Crippen molar-refractivity contribution in [3.05, 3.63) is 88.6 Å². The lowest BCUT2D eigenvalue weighted by atomic mass is 10.1. The predicted molar refractivity (Wildman–Crippen MR) is 104 cm³/mol. The van der Waals surface area contributed by atoms with Gasteiger partial charge >= 0.3 is 0 Å². The molecular formula is C21H16N4O. The molecule has 0 bridgehead atoms. The molecule has 1 aliphatic rings. The van der Waals surface area contributed by atoms with Gasteiger partial charge in [0.2, 0.25) is 5.56 Å². The fraction of sp³-hybridized carbons (Fsp3) is 0.0476. The highest BCUT2D eigenvalue weighted by molar-refractivity contribution is 5.79. The van der Waals surface area contributed by atoms with E-state index in [1.54, 1.807) is 18.5 Å². The zero-order chi connectivity index (χ0) is 17.5. The van der Waals surface area contributed by atoms with E-state index in [0.29, 0.717) is 0 Å². The van der Waals surface area contributed by atoms with E-state index in [4.69, 9.17) is 0 Å². The normalized spacial score (nSPS) is 12.5. The van der Waals surface area contributed by atoms with Crippen molar-refractivity contribution in [1.82, 2.24) is 14.4 Å². The first-order valence-electron chi connectivity index (χ1n) is 8.50. The molecule has 0 unspecified atom stereocenters. The number of pyridine rings is 2. The minimum atomic E-state index is -0.121. The van der Waals surface area contributed by atoms with Crippen molar-refractivity contribution in [3.63, 3.8) is 0 Å². The largest absolute Gasteiger partial charge is 0.352 e. The number of nitrogens with one attached hydrogen (secondary N) is 2. The van der Waals surface area contributed by atoms with Crippen molar-refractivity contribution in [1.29, 1.82) is 0 Å². The van der Waals surface area contributed by atoms with Gasteiger partial charge in [0.1, 0.15) is 0 Å². The van der Waals surface area contributed by atoms with E-state index in [1.165, 1.54) is 11.1 Å². The fourth-order valence-electron chi connectivity index (χ4n) is 3.43. The van der Waals surface area contributed by atoms with Gasteiger partial charge in [-0.2, -0.15) is 0 Å². The Morgan fingerprint density at radius 3 is 3.00 bits per heavy atom. The summed E-state index contributed by atoms with van der Waals surface area (Å²) >= 11 is 0. The molecule has 0 aliphatic heterocycles. The minimum Gasteiger partial charge on any atom is -0.352 e. The van der Waals surface area contributed by atoms with Crippen molar-refractivity contribution in [2.24, 2.45) is 0 Å². The molecule has 0 fully saturated rings. The molecule has 5 rings (SSSR count). The Balaban J connectivity index is 1.58. The molecule has 0 saturated carbocycles. The summed E-state index contributed by atoms with van der Waals surface area (Å²) in [6.45, 7) is 0. The summed E-state index contributed by atoms with van der Waals surface area (Å²) in [6, 6.07) is 13.9. The highest BCUT2D eigenvalue weighted by Gasteiger charge is 2.11. The lowest BCUT2D eigenvalue weighted by molar-refractivity contribution is 1.17. The van der Waals surface area contributed by atoms with Crippen LogP contribution in [0.5, 0.6) is 0 Å². The van der Waals surface area contributed by atoms with Gasteiger partial charge in [-0.1, -0.05) is 18.2 Å². The SMILES string of the molecule is O=c1cc(-c2ccc(Nc3ccc4c(c3)C=CC4)c3nccn23)cc[nH]1. The summed E-state index contributed by atoms with van der Waals surface area (Å²) in [6.07, 6.45) is 10.7. The van der Waals surface area contributed by atoms with Gasteiger partial charge < -0.3 is 10.3 Å². The molecule has 0 amide bonds. The summed E-state index contributed by atoms with van der Waals surface area (Å²) in [4.78, 5) is 18.8. The molecule has 2 N–H and O–H groups in total. The molecule has 26 heavy (non-hydrogen) atoms. The number of rotatable bonds is 3. The molecule has 3 heterocycles. The van der Waals surface area contributed by atoms with Crippen molar-refractivity contribution in [2.75, 3.05) is 5.32 Å². The van der Waals surface area contributed by atoms with E-state index in [0.717, 1.165) is 34.7 Å². The number of aromatic amines is 1. The summed E-state index contributed by atoms with van der Waals surface area (Å²) in [7, 11) is 0. The van der Waals surface area contributed by atoms with Crippen LogP contribution in [0.15, 0.2) is 71.9 Å². The van der Waals surface area contributed by atoms with E-state index in [9.17, 15) is 4.79 Å². The van der Waals surface area contributed by atoms with Gasteiger partial charge in [-0.05, 0) is 47.9 Å². The zero-order valence-corrected chi connectivity index (χ0v) is 13.9. The Bertz CT molecular complexity index is 1220. The molecular weight excluding hydrogens is 324 g/mol. The molecule has 5 nitrogen and oxygen atoms in total. The Morgan fingerprint density at radius 1 is 1.12 bits per heavy atom. The Kier molecular flexibility index (Phi) is 3.25. The van der Waals surface area contributed by atoms with Crippen LogP contribution in [0.4, 0.5) is 11.4 Å². The van der Waals surface area contributed by atoms with Crippen LogP contribution >= 0.6 is 0 Å². The highest BCUT2D eigenvalue weighted by Crippen LogP contribution is 2.29. The van der Waals surface area contributed by atoms with E-state index < -0.39 is 0 Å². The van der Waals surface area contributed by atoms with Crippen LogP contribution in [0.25, 0.3) is 23.0 Å². The Labute approximate surface area is 149 Å². The maximum atomic E-state index is 11.6. The topological polar surface area (TPSA) is 62.2 Å². The molecule has 3 aromatic heterocycles. The van der Waals surface area contributed by atoms with Crippen molar-refractivity contribution >= 4 is 23.1 Å². The van der Waals surface area contributed by atoms with Crippen LogP contribution in [0.1, 0.15) is 11.1 Å². The van der Waals surface area contributed by atoms with Crippen molar-refractivity contribution < 1.29 is 0 Å². The first-order chi connectivity index (χ1) is 12.8. The van der Waals surface area contributed by atoms with Crippen LogP contribution in [0.3, 0.4) is 0 Å². The van der Waals surface area contributed by atoms with Crippen LogP contribution in [-0.4, -0.2) is 14.4 Å². The molecule has 4 aromatic rings. The van der Waals surface area contributed by atoms with Crippen LogP contribution in [0.2, 0.25) is 0 Å².